The summed E-state index contributed by atoms with van der Waals surface area (Å²) in [4.78, 5) is 10.5. The predicted molar refractivity (Wildman–Crippen MR) is 126 cm³/mol. The number of nitro groups is 1. The third-order valence-electron chi connectivity index (χ3n) is 4.42. The molecule has 2 rings (SSSR count). The molecule has 0 bridgehead atoms. The minimum atomic E-state index is -3.84. The van der Waals surface area contributed by atoms with Crippen molar-refractivity contribution in [3.8, 4) is 17.2 Å². The van der Waals surface area contributed by atoms with Gasteiger partial charge in [-0.25, -0.2) is 0 Å². The van der Waals surface area contributed by atoms with Gasteiger partial charge < -0.3 is 28.6 Å². The van der Waals surface area contributed by atoms with E-state index in [4.69, 9.17) is 23.3 Å². The summed E-state index contributed by atoms with van der Waals surface area (Å²) in [6, 6.07) is 9.07. The second-order valence-electron chi connectivity index (χ2n) is 7.66. The van der Waals surface area contributed by atoms with E-state index in [2.05, 4.69) is 5.32 Å². The largest absolute Gasteiger partial charge is 0.493 e. The highest BCUT2D eigenvalue weighted by Crippen LogP contribution is 2.63. The van der Waals surface area contributed by atoms with Crippen LogP contribution in [0.2, 0.25) is 0 Å². The Labute approximate surface area is 193 Å². The van der Waals surface area contributed by atoms with Crippen molar-refractivity contribution in [3.05, 3.63) is 52.1 Å². The molecule has 0 aliphatic carbocycles. The second-order valence-corrected chi connectivity index (χ2v) is 9.68. The Hall–Kier alpha value is -2.81. The van der Waals surface area contributed by atoms with Crippen molar-refractivity contribution < 1.29 is 32.7 Å². The van der Waals surface area contributed by atoms with Crippen LogP contribution in [-0.2, 0) is 13.6 Å². The summed E-state index contributed by atoms with van der Waals surface area (Å²) >= 11 is 0. The number of methoxy groups -OCH3 is 3. The lowest BCUT2D eigenvalue weighted by Gasteiger charge is -2.31. The molecule has 11 heteroatoms. The quantitative estimate of drug-likeness (QED) is 0.228. The molecule has 1 atom stereocenters. The van der Waals surface area contributed by atoms with E-state index in [-0.39, 0.29) is 5.69 Å². The zero-order chi connectivity index (χ0) is 24.8. The first kappa shape index (κ1) is 26.4. The average molecular weight is 482 g/mol. The van der Waals surface area contributed by atoms with Crippen molar-refractivity contribution in [1.29, 1.82) is 0 Å². The van der Waals surface area contributed by atoms with Gasteiger partial charge in [-0.05, 0) is 57.5 Å². The van der Waals surface area contributed by atoms with Gasteiger partial charge in [0.05, 0.1) is 38.5 Å². The number of nitrogens with zero attached hydrogens (tertiary/aromatic N) is 1. The lowest BCUT2D eigenvalue weighted by Crippen LogP contribution is -2.19. The van der Waals surface area contributed by atoms with E-state index in [0.717, 1.165) is 0 Å². The van der Waals surface area contributed by atoms with Gasteiger partial charge in [-0.3, -0.25) is 14.7 Å². The number of nitro benzene ring substituents is 1. The predicted octanol–water partition coefficient (Wildman–Crippen LogP) is 5.77. The SMILES string of the molecule is COc1cc(C(Nc2ccc([N+](=O)[O-])cc2)P(=O)(OC(C)C)OC(C)C)cc(OC)c1OC. The topological polar surface area (TPSA) is 118 Å². The van der Waals surface area contributed by atoms with Crippen LogP contribution < -0.4 is 19.5 Å². The third-order valence-corrected chi connectivity index (χ3v) is 6.91. The summed E-state index contributed by atoms with van der Waals surface area (Å²) in [6.45, 7) is 7.03. The summed E-state index contributed by atoms with van der Waals surface area (Å²) in [6.07, 6.45) is -0.810. The number of benzene rings is 2. The van der Waals surface area contributed by atoms with Crippen molar-refractivity contribution in [2.75, 3.05) is 26.6 Å². The first-order valence-corrected chi connectivity index (χ1v) is 11.9. The van der Waals surface area contributed by atoms with E-state index in [1.165, 1.54) is 45.6 Å². The highest BCUT2D eigenvalue weighted by atomic mass is 31.2. The number of hydrogen-bond donors (Lipinski definition) is 1. The number of ether oxygens (including phenoxy) is 3. The molecule has 0 heterocycles. The van der Waals surface area contributed by atoms with E-state index >= 15 is 0 Å². The maximum atomic E-state index is 14.1. The van der Waals surface area contributed by atoms with Crippen molar-refractivity contribution in [3.63, 3.8) is 0 Å². The van der Waals surface area contributed by atoms with Gasteiger partial charge in [-0.15, -0.1) is 0 Å². The Balaban J connectivity index is 2.68. The van der Waals surface area contributed by atoms with Crippen LogP contribution in [-0.4, -0.2) is 38.5 Å². The van der Waals surface area contributed by atoms with Crippen LogP contribution in [0, 0.1) is 10.1 Å². The Kier molecular flexibility index (Phi) is 9.10. The van der Waals surface area contributed by atoms with Crippen LogP contribution in [0.15, 0.2) is 36.4 Å². The molecular weight excluding hydrogens is 451 g/mol. The molecule has 1 unspecified atom stereocenters. The minimum Gasteiger partial charge on any atom is -0.493 e. The number of non-ortho nitro benzene ring substituents is 1. The lowest BCUT2D eigenvalue weighted by atomic mass is 10.1. The maximum absolute atomic E-state index is 14.1. The molecular formula is C22H31N2O8P. The molecule has 1 N–H and O–H groups in total. The number of anilines is 1. The van der Waals surface area contributed by atoms with Gasteiger partial charge >= 0.3 is 7.60 Å². The molecule has 2 aromatic rings. The molecule has 0 saturated carbocycles. The molecule has 0 aromatic heterocycles. The van der Waals surface area contributed by atoms with Crippen molar-refractivity contribution >= 4 is 19.0 Å². The van der Waals surface area contributed by atoms with Gasteiger partial charge in [0.2, 0.25) is 5.75 Å². The van der Waals surface area contributed by atoms with Gasteiger partial charge in [0, 0.05) is 17.8 Å². The van der Waals surface area contributed by atoms with E-state index in [0.29, 0.717) is 28.5 Å². The van der Waals surface area contributed by atoms with Gasteiger partial charge in [-0.2, -0.15) is 0 Å². The standard InChI is InChI=1S/C22H31N2O8P/c1-14(2)31-33(27,32-15(3)4)22(23-17-8-10-18(11-9-17)24(25)26)16-12-19(28-5)21(30-7)20(13-16)29-6/h8-15,22-23H,1-7H3. The molecule has 0 aliphatic heterocycles. The van der Waals surface area contributed by atoms with E-state index in [9.17, 15) is 14.7 Å². The smallest absolute Gasteiger partial charge is 0.357 e. The fourth-order valence-corrected chi connectivity index (χ4v) is 5.47. The summed E-state index contributed by atoms with van der Waals surface area (Å²) in [7, 11) is 0.608. The molecule has 2 aromatic carbocycles. The molecule has 0 aliphatic rings. The Morgan fingerprint density at radius 3 is 1.73 bits per heavy atom. The Morgan fingerprint density at radius 2 is 1.36 bits per heavy atom. The van der Waals surface area contributed by atoms with Crippen molar-refractivity contribution in [2.45, 2.75) is 45.7 Å². The Bertz CT molecular complexity index is 955. The van der Waals surface area contributed by atoms with Crippen LogP contribution in [0.25, 0.3) is 0 Å². The normalized spacial score (nSPS) is 12.5. The Morgan fingerprint density at radius 1 is 0.879 bits per heavy atom. The maximum Gasteiger partial charge on any atom is 0.357 e. The zero-order valence-electron chi connectivity index (χ0n) is 19.9. The van der Waals surface area contributed by atoms with Crippen LogP contribution >= 0.6 is 7.60 Å². The van der Waals surface area contributed by atoms with Crippen molar-refractivity contribution in [2.24, 2.45) is 0 Å². The zero-order valence-corrected chi connectivity index (χ0v) is 20.8. The lowest BCUT2D eigenvalue weighted by molar-refractivity contribution is -0.384. The van der Waals surface area contributed by atoms with Crippen LogP contribution in [0.3, 0.4) is 0 Å². The molecule has 0 radical (unpaired) electrons. The van der Waals surface area contributed by atoms with Crippen LogP contribution in [0.5, 0.6) is 17.2 Å². The summed E-state index contributed by atoms with van der Waals surface area (Å²) in [5.41, 5.74) is 0.914. The van der Waals surface area contributed by atoms with Gasteiger partial charge in [0.25, 0.3) is 5.69 Å². The monoisotopic (exact) mass is 482 g/mol. The second kappa shape index (κ2) is 11.4. The van der Waals surface area contributed by atoms with Gasteiger partial charge in [0.15, 0.2) is 17.3 Å². The number of nitrogens with one attached hydrogen (secondary N) is 1. The van der Waals surface area contributed by atoms with Gasteiger partial charge in [0.1, 0.15) is 0 Å². The average Bonchev–Trinajstić information content (AvgIpc) is 2.75. The van der Waals surface area contributed by atoms with Crippen LogP contribution in [0.4, 0.5) is 11.4 Å². The van der Waals surface area contributed by atoms with Crippen molar-refractivity contribution in [1.82, 2.24) is 0 Å². The summed E-state index contributed by atoms with van der Waals surface area (Å²) < 4.78 is 42.2. The molecule has 0 saturated heterocycles. The highest BCUT2D eigenvalue weighted by Gasteiger charge is 2.40. The minimum absolute atomic E-state index is 0.0649. The third kappa shape index (κ3) is 6.60. The first-order chi connectivity index (χ1) is 15.5. The van der Waals surface area contributed by atoms with Crippen LogP contribution in [0.1, 0.15) is 39.0 Å². The molecule has 182 valence electrons. The molecule has 33 heavy (non-hydrogen) atoms. The van der Waals surface area contributed by atoms with E-state index in [1.54, 1.807) is 39.8 Å². The molecule has 0 amide bonds. The van der Waals surface area contributed by atoms with E-state index in [1.807, 2.05) is 0 Å². The number of rotatable bonds is 12. The van der Waals surface area contributed by atoms with E-state index < -0.39 is 30.5 Å². The fourth-order valence-electron chi connectivity index (χ4n) is 3.18. The molecule has 0 spiro atoms. The first-order valence-electron chi connectivity index (χ1n) is 10.3. The van der Waals surface area contributed by atoms with Gasteiger partial charge in [-0.1, -0.05) is 0 Å². The molecule has 0 fully saturated rings. The summed E-state index contributed by atoms with van der Waals surface area (Å²) in [5, 5.41) is 14.2. The summed E-state index contributed by atoms with van der Waals surface area (Å²) in [5.74, 6) is 0.116. The molecule has 10 nitrogen and oxygen atoms in total. The fraction of sp³-hybridized carbons (Fsp3) is 0.455. The highest BCUT2D eigenvalue weighted by molar-refractivity contribution is 7.54. The number of hydrogen-bond acceptors (Lipinski definition) is 9.